The summed E-state index contributed by atoms with van der Waals surface area (Å²) in [5, 5.41) is 4.12. The number of nitrogens with zero attached hydrogens (tertiary/aromatic N) is 2. The minimum absolute atomic E-state index is 0.0727. The number of hydrogen-bond acceptors (Lipinski definition) is 5. The first-order valence-corrected chi connectivity index (χ1v) is 11.3. The maximum absolute atomic E-state index is 12.3. The van der Waals surface area contributed by atoms with Gasteiger partial charge in [-0.15, -0.1) is 11.8 Å². The third-order valence-electron chi connectivity index (χ3n) is 6.24. The second-order valence-electron chi connectivity index (χ2n) is 7.87. The normalized spacial score (nSPS) is 23.5. The summed E-state index contributed by atoms with van der Waals surface area (Å²) in [6.07, 6.45) is 3.41. The Morgan fingerprint density at radius 2 is 2.14 bits per heavy atom. The Bertz CT molecular complexity index is 750. The molecule has 2 aliphatic rings. The highest BCUT2D eigenvalue weighted by Gasteiger charge is 2.30. The summed E-state index contributed by atoms with van der Waals surface area (Å²) < 4.78 is 5.47. The van der Waals surface area contributed by atoms with Gasteiger partial charge in [-0.2, -0.15) is 0 Å². The minimum Gasteiger partial charge on any atom is -0.496 e. The van der Waals surface area contributed by atoms with Crippen LogP contribution < -0.4 is 10.1 Å². The highest BCUT2D eigenvalue weighted by atomic mass is 32.2. The first kappa shape index (κ1) is 21.2. The van der Waals surface area contributed by atoms with Gasteiger partial charge in [0.1, 0.15) is 11.8 Å². The van der Waals surface area contributed by atoms with E-state index in [0.29, 0.717) is 12.1 Å². The Morgan fingerprint density at radius 1 is 1.36 bits per heavy atom. The van der Waals surface area contributed by atoms with E-state index in [1.165, 1.54) is 29.5 Å². The van der Waals surface area contributed by atoms with Crippen molar-refractivity contribution in [3.63, 3.8) is 0 Å². The standard InChI is InChI=1S/C22H33N3O2S/c1-14-15(2)21(27-5)9-8-19(14)16(3)25-12-6-7-18(25)10-11-23-22(26)20-13-28-17(4)24-20/h8-9,16,18,20H,6-7,10-13H2,1-5H3,(H,23,26). The monoisotopic (exact) mass is 403 g/mol. The lowest BCUT2D eigenvalue weighted by Gasteiger charge is -2.32. The molecule has 1 aromatic rings. The maximum atomic E-state index is 12.3. The van der Waals surface area contributed by atoms with Crippen molar-refractivity contribution in [3.8, 4) is 5.75 Å². The first-order valence-electron chi connectivity index (χ1n) is 10.3. The maximum Gasteiger partial charge on any atom is 0.245 e. The van der Waals surface area contributed by atoms with Gasteiger partial charge in [0.2, 0.25) is 5.91 Å². The lowest BCUT2D eigenvalue weighted by Crippen LogP contribution is -2.38. The molecule has 154 valence electrons. The molecule has 1 saturated heterocycles. The Hall–Kier alpha value is -1.53. The van der Waals surface area contributed by atoms with Crippen LogP contribution in [0.4, 0.5) is 0 Å². The minimum atomic E-state index is -0.200. The molecular formula is C22H33N3O2S. The smallest absolute Gasteiger partial charge is 0.245 e. The summed E-state index contributed by atoms with van der Waals surface area (Å²) >= 11 is 1.67. The van der Waals surface area contributed by atoms with Crippen LogP contribution in [-0.2, 0) is 4.79 Å². The van der Waals surface area contributed by atoms with Gasteiger partial charge in [0, 0.05) is 24.4 Å². The zero-order valence-electron chi connectivity index (χ0n) is 17.7. The molecule has 2 heterocycles. The SMILES string of the molecule is COc1ccc(C(C)N2CCCC2CCNC(=O)C2CSC(C)=N2)c(C)c1C. The van der Waals surface area contributed by atoms with Crippen molar-refractivity contribution in [3.05, 3.63) is 28.8 Å². The summed E-state index contributed by atoms with van der Waals surface area (Å²) in [5.41, 5.74) is 3.92. The van der Waals surface area contributed by atoms with E-state index in [0.717, 1.165) is 36.1 Å². The number of carbonyl (C=O) groups is 1. The number of methoxy groups -OCH3 is 1. The van der Waals surface area contributed by atoms with E-state index in [-0.39, 0.29) is 11.9 Å². The summed E-state index contributed by atoms with van der Waals surface area (Å²) in [4.78, 5) is 19.3. The molecule has 3 atom stereocenters. The molecule has 2 aliphatic heterocycles. The number of carbonyl (C=O) groups excluding carboxylic acids is 1. The Balaban J connectivity index is 1.58. The molecule has 0 aromatic heterocycles. The van der Waals surface area contributed by atoms with E-state index in [2.05, 4.69) is 48.1 Å². The van der Waals surface area contributed by atoms with Gasteiger partial charge >= 0.3 is 0 Å². The predicted molar refractivity (Wildman–Crippen MR) is 118 cm³/mol. The van der Waals surface area contributed by atoms with E-state index in [9.17, 15) is 4.79 Å². The van der Waals surface area contributed by atoms with E-state index < -0.39 is 0 Å². The van der Waals surface area contributed by atoms with Crippen LogP contribution in [0.15, 0.2) is 17.1 Å². The van der Waals surface area contributed by atoms with Crippen LogP contribution in [0.3, 0.4) is 0 Å². The van der Waals surface area contributed by atoms with E-state index in [1.807, 2.05) is 6.92 Å². The van der Waals surface area contributed by atoms with E-state index >= 15 is 0 Å². The number of likely N-dealkylation sites (tertiary alicyclic amines) is 1. The number of thioether (sulfide) groups is 1. The van der Waals surface area contributed by atoms with Gasteiger partial charge in [0.05, 0.1) is 12.2 Å². The first-order chi connectivity index (χ1) is 13.4. The number of amides is 1. The molecule has 1 N–H and O–H groups in total. The van der Waals surface area contributed by atoms with Crippen molar-refractivity contribution >= 4 is 22.7 Å². The number of aliphatic imine (C=N–C) groups is 1. The fourth-order valence-electron chi connectivity index (χ4n) is 4.45. The molecule has 0 spiro atoms. The van der Waals surface area contributed by atoms with Crippen LogP contribution >= 0.6 is 11.8 Å². The molecule has 1 fully saturated rings. The van der Waals surface area contributed by atoms with Gasteiger partial charge in [0.15, 0.2) is 0 Å². The lowest BCUT2D eigenvalue weighted by molar-refractivity contribution is -0.121. The predicted octanol–water partition coefficient (Wildman–Crippen LogP) is 3.88. The Labute approximate surface area is 173 Å². The number of hydrogen-bond donors (Lipinski definition) is 1. The molecule has 0 saturated carbocycles. The van der Waals surface area contributed by atoms with Gasteiger partial charge in [-0.1, -0.05) is 6.07 Å². The summed E-state index contributed by atoms with van der Waals surface area (Å²) in [6, 6.07) is 4.97. The molecule has 3 rings (SSSR count). The van der Waals surface area contributed by atoms with Crippen LogP contribution in [-0.4, -0.2) is 53.9 Å². The zero-order valence-corrected chi connectivity index (χ0v) is 18.6. The number of nitrogens with one attached hydrogen (secondary N) is 1. The second kappa shape index (κ2) is 9.31. The fraction of sp³-hybridized carbons (Fsp3) is 0.636. The highest BCUT2D eigenvalue weighted by Crippen LogP contribution is 2.35. The molecule has 5 nitrogen and oxygen atoms in total. The molecule has 0 radical (unpaired) electrons. The van der Waals surface area contributed by atoms with E-state index in [1.54, 1.807) is 18.9 Å². The molecule has 1 amide bonds. The van der Waals surface area contributed by atoms with Crippen molar-refractivity contribution in [1.82, 2.24) is 10.2 Å². The van der Waals surface area contributed by atoms with Crippen molar-refractivity contribution in [2.75, 3.05) is 26.0 Å². The molecule has 0 aliphatic carbocycles. The quantitative estimate of drug-likeness (QED) is 0.751. The molecule has 0 bridgehead atoms. The summed E-state index contributed by atoms with van der Waals surface area (Å²) in [5.74, 6) is 1.81. The van der Waals surface area contributed by atoms with Crippen LogP contribution in [0.5, 0.6) is 5.75 Å². The Morgan fingerprint density at radius 3 is 2.82 bits per heavy atom. The van der Waals surface area contributed by atoms with Crippen LogP contribution in [0.2, 0.25) is 0 Å². The Kier molecular flexibility index (Phi) is 7.05. The van der Waals surface area contributed by atoms with Gasteiger partial charge in [0.25, 0.3) is 0 Å². The second-order valence-corrected chi connectivity index (χ2v) is 9.08. The molecule has 1 aromatic carbocycles. The largest absolute Gasteiger partial charge is 0.496 e. The molecular weight excluding hydrogens is 370 g/mol. The zero-order chi connectivity index (χ0) is 20.3. The number of ether oxygens (including phenoxy) is 1. The van der Waals surface area contributed by atoms with Gasteiger partial charge in [-0.3, -0.25) is 14.7 Å². The topological polar surface area (TPSA) is 53.9 Å². The van der Waals surface area contributed by atoms with E-state index in [4.69, 9.17) is 4.74 Å². The third kappa shape index (κ3) is 4.54. The number of benzene rings is 1. The van der Waals surface area contributed by atoms with Crippen molar-refractivity contribution in [2.45, 2.75) is 65.1 Å². The average molecular weight is 404 g/mol. The third-order valence-corrected chi connectivity index (χ3v) is 7.24. The van der Waals surface area contributed by atoms with Gasteiger partial charge in [-0.05, 0) is 76.3 Å². The van der Waals surface area contributed by atoms with Crippen molar-refractivity contribution < 1.29 is 9.53 Å². The van der Waals surface area contributed by atoms with Crippen molar-refractivity contribution in [2.24, 2.45) is 4.99 Å². The average Bonchev–Trinajstić information content (AvgIpc) is 3.32. The number of rotatable bonds is 7. The van der Waals surface area contributed by atoms with Crippen LogP contribution in [0.25, 0.3) is 0 Å². The van der Waals surface area contributed by atoms with Crippen LogP contribution in [0, 0.1) is 13.8 Å². The van der Waals surface area contributed by atoms with Gasteiger partial charge < -0.3 is 10.1 Å². The molecule has 6 heteroatoms. The molecule has 28 heavy (non-hydrogen) atoms. The van der Waals surface area contributed by atoms with Crippen LogP contribution in [0.1, 0.15) is 55.8 Å². The van der Waals surface area contributed by atoms with Crippen molar-refractivity contribution in [1.29, 1.82) is 0 Å². The summed E-state index contributed by atoms with van der Waals surface area (Å²) in [6.45, 7) is 10.4. The fourth-order valence-corrected chi connectivity index (χ4v) is 5.28. The molecule has 3 unspecified atom stereocenters. The lowest BCUT2D eigenvalue weighted by atomic mass is 9.96. The highest BCUT2D eigenvalue weighted by molar-refractivity contribution is 8.14. The summed E-state index contributed by atoms with van der Waals surface area (Å²) in [7, 11) is 1.73. The van der Waals surface area contributed by atoms with Gasteiger partial charge in [-0.25, -0.2) is 0 Å².